The third-order valence-electron chi connectivity index (χ3n) is 5.34. The van der Waals surface area contributed by atoms with Crippen LogP contribution >= 0.6 is 0 Å². The maximum Gasteiger partial charge on any atom is 0.315 e. The predicted octanol–water partition coefficient (Wildman–Crippen LogP) is 3.13. The van der Waals surface area contributed by atoms with Gasteiger partial charge in [0.1, 0.15) is 0 Å². The highest BCUT2D eigenvalue weighted by atomic mass is 16.5. The van der Waals surface area contributed by atoms with Gasteiger partial charge in [-0.15, -0.1) is 12.3 Å². The first-order valence-corrected chi connectivity index (χ1v) is 11.1. The summed E-state index contributed by atoms with van der Waals surface area (Å²) in [4.78, 5) is 23.2. The van der Waals surface area contributed by atoms with E-state index >= 15 is 0 Å². The zero-order chi connectivity index (χ0) is 22.6. The van der Waals surface area contributed by atoms with Crippen molar-refractivity contribution in [3.05, 3.63) is 0 Å². The van der Waals surface area contributed by atoms with E-state index in [0.717, 1.165) is 32.1 Å². The van der Waals surface area contributed by atoms with Crippen molar-refractivity contribution < 1.29 is 19.1 Å². The van der Waals surface area contributed by atoms with Gasteiger partial charge < -0.3 is 25.4 Å². The molecule has 3 amide bonds. The zero-order valence-corrected chi connectivity index (χ0v) is 19.4. The minimum absolute atomic E-state index is 0.0555. The number of amides is 3. The van der Waals surface area contributed by atoms with Gasteiger partial charge in [0.2, 0.25) is 5.91 Å². The lowest BCUT2D eigenvalue weighted by molar-refractivity contribution is -0.122. The smallest absolute Gasteiger partial charge is 0.315 e. The molecule has 3 N–H and O–H groups in total. The fraction of sp³-hybridized carbons (Fsp3) is 0.826. The second-order valence-corrected chi connectivity index (χ2v) is 9.31. The molecule has 1 fully saturated rings. The van der Waals surface area contributed by atoms with Crippen LogP contribution in [-0.2, 0) is 14.3 Å². The molecule has 7 nitrogen and oxygen atoms in total. The molecular weight excluding hydrogens is 382 g/mol. The third-order valence-corrected chi connectivity index (χ3v) is 5.34. The van der Waals surface area contributed by atoms with E-state index in [1.807, 2.05) is 34.6 Å². The number of nitrogens with one attached hydrogen (secondary N) is 3. The number of hydrogen-bond acceptors (Lipinski definition) is 4. The predicted molar refractivity (Wildman–Crippen MR) is 119 cm³/mol. The number of carbonyl (C=O) groups is 2. The first-order chi connectivity index (χ1) is 14.0. The molecule has 30 heavy (non-hydrogen) atoms. The number of unbranched alkanes of at least 4 members (excludes halogenated alkanes) is 2. The van der Waals surface area contributed by atoms with Crippen LogP contribution in [0.4, 0.5) is 4.79 Å². The molecule has 0 saturated carbocycles. The van der Waals surface area contributed by atoms with Crippen molar-refractivity contribution in [2.24, 2.45) is 0 Å². The Labute approximate surface area is 182 Å². The summed E-state index contributed by atoms with van der Waals surface area (Å²) in [7, 11) is 0. The van der Waals surface area contributed by atoms with E-state index in [9.17, 15) is 9.59 Å². The molecule has 1 aliphatic heterocycles. The second kappa shape index (κ2) is 12.8. The quantitative estimate of drug-likeness (QED) is 0.279. The summed E-state index contributed by atoms with van der Waals surface area (Å²) in [5, 5.41) is 8.68. The average molecular weight is 424 g/mol. The summed E-state index contributed by atoms with van der Waals surface area (Å²) in [6.45, 7) is 11.6. The van der Waals surface area contributed by atoms with E-state index in [4.69, 9.17) is 15.9 Å². The Morgan fingerprint density at radius 1 is 1.10 bits per heavy atom. The van der Waals surface area contributed by atoms with Gasteiger partial charge in [-0.2, -0.15) is 0 Å². The standard InChI is InChI=1S/C23H41N3O4/c1-7-13-22(3,4)29-16-14-23(5,6)30-17-15-24-20(27)12-10-8-9-11-19-18(2)25-21(28)26-19/h1,18-19H,8-17H2,2-6H3,(H,24,27)(H2,25,26,28)/t18-,19+/m0/s1. The SMILES string of the molecule is C#CCC(C)(C)OCCC(C)(C)OCCNC(=O)CCCCC[C@H]1NC(=O)N[C@H]1C. The molecule has 2 atom stereocenters. The van der Waals surface area contributed by atoms with Crippen LogP contribution in [-0.4, -0.2) is 55.0 Å². The minimum Gasteiger partial charge on any atom is -0.374 e. The van der Waals surface area contributed by atoms with Gasteiger partial charge in [0, 0.05) is 25.4 Å². The summed E-state index contributed by atoms with van der Waals surface area (Å²) in [5.74, 6) is 2.69. The molecule has 0 spiro atoms. The molecule has 0 aromatic rings. The van der Waals surface area contributed by atoms with Crippen LogP contribution in [0.2, 0.25) is 0 Å². The maximum absolute atomic E-state index is 12.0. The number of ether oxygens (including phenoxy) is 2. The number of terminal acetylenes is 1. The Morgan fingerprint density at radius 3 is 2.43 bits per heavy atom. The first kappa shape index (κ1) is 26.3. The summed E-state index contributed by atoms with van der Waals surface area (Å²) < 4.78 is 11.7. The second-order valence-electron chi connectivity index (χ2n) is 9.31. The van der Waals surface area contributed by atoms with Crippen LogP contribution in [0.3, 0.4) is 0 Å². The first-order valence-electron chi connectivity index (χ1n) is 11.1. The van der Waals surface area contributed by atoms with Crippen LogP contribution in [0, 0.1) is 12.3 Å². The lowest BCUT2D eigenvalue weighted by Gasteiger charge is -2.29. The van der Waals surface area contributed by atoms with Gasteiger partial charge in [0.25, 0.3) is 0 Å². The Hall–Kier alpha value is -1.78. The molecule has 0 radical (unpaired) electrons. The Morgan fingerprint density at radius 2 is 1.80 bits per heavy atom. The van der Waals surface area contributed by atoms with Gasteiger partial charge in [-0.05, 0) is 53.9 Å². The number of hydrogen-bond donors (Lipinski definition) is 3. The number of rotatable bonds is 15. The Balaban J connectivity index is 2.03. The molecule has 1 rings (SSSR count). The van der Waals surface area contributed by atoms with Crippen LogP contribution in [0.15, 0.2) is 0 Å². The van der Waals surface area contributed by atoms with Crippen LogP contribution < -0.4 is 16.0 Å². The molecule has 0 aromatic heterocycles. The van der Waals surface area contributed by atoms with Gasteiger partial charge in [-0.1, -0.05) is 12.8 Å². The molecule has 172 valence electrons. The summed E-state index contributed by atoms with van der Waals surface area (Å²) in [6.07, 6.45) is 11.0. The van der Waals surface area contributed by atoms with E-state index in [1.165, 1.54) is 0 Å². The highest BCUT2D eigenvalue weighted by Gasteiger charge is 2.27. The molecule has 1 aliphatic rings. The molecule has 0 aromatic carbocycles. The highest BCUT2D eigenvalue weighted by molar-refractivity contribution is 5.77. The van der Waals surface area contributed by atoms with E-state index in [0.29, 0.717) is 32.6 Å². The fourth-order valence-corrected chi connectivity index (χ4v) is 3.34. The van der Waals surface area contributed by atoms with Crippen molar-refractivity contribution in [3.8, 4) is 12.3 Å². The summed E-state index contributed by atoms with van der Waals surface area (Å²) >= 11 is 0. The van der Waals surface area contributed by atoms with E-state index in [2.05, 4.69) is 21.9 Å². The normalized spacial score (nSPS) is 19.1. The molecule has 7 heteroatoms. The topological polar surface area (TPSA) is 88.7 Å². The van der Waals surface area contributed by atoms with Crippen molar-refractivity contribution in [2.45, 2.75) is 103 Å². The molecule has 0 bridgehead atoms. The zero-order valence-electron chi connectivity index (χ0n) is 19.4. The van der Waals surface area contributed by atoms with E-state index < -0.39 is 0 Å². The van der Waals surface area contributed by atoms with Crippen molar-refractivity contribution in [1.29, 1.82) is 0 Å². The third kappa shape index (κ3) is 11.4. The molecule has 1 heterocycles. The van der Waals surface area contributed by atoms with Crippen molar-refractivity contribution in [3.63, 3.8) is 0 Å². The van der Waals surface area contributed by atoms with Gasteiger partial charge in [0.05, 0.1) is 30.5 Å². The van der Waals surface area contributed by atoms with E-state index in [-0.39, 0.29) is 35.2 Å². The Bertz CT molecular complexity index is 583. The van der Waals surface area contributed by atoms with Crippen molar-refractivity contribution >= 4 is 11.9 Å². The van der Waals surface area contributed by atoms with Gasteiger partial charge in [-0.25, -0.2) is 4.79 Å². The number of carbonyl (C=O) groups excluding carboxylic acids is 2. The Kier molecular flexibility index (Phi) is 11.2. The highest BCUT2D eigenvalue weighted by Crippen LogP contribution is 2.19. The molecule has 0 aliphatic carbocycles. The van der Waals surface area contributed by atoms with Crippen molar-refractivity contribution in [1.82, 2.24) is 16.0 Å². The average Bonchev–Trinajstić information content (AvgIpc) is 2.95. The maximum atomic E-state index is 12.0. The molecule has 1 saturated heterocycles. The van der Waals surface area contributed by atoms with Gasteiger partial charge >= 0.3 is 6.03 Å². The number of urea groups is 1. The van der Waals surface area contributed by atoms with Gasteiger partial charge in [-0.3, -0.25) is 4.79 Å². The fourth-order valence-electron chi connectivity index (χ4n) is 3.34. The van der Waals surface area contributed by atoms with E-state index in [1.54, 1.807) is 0 Å². The lowest BCUT2D eigenvalue weighted by atomic mass is 10.0. The van der Waals surface area contributed by atoms with Crippen molar-refractivity contribution in [2.75, 3.05) is 19.8 Å². The summed E-state index contributed by atoms with van der Waals surface area (Å²) in [6, 6.07) is 0.282. The lowest BCUT2D eigenvalue weighted by Crippen LogP contribution is -2.34. The van der Waals surface area contributed by atoms with Crippen LogP contribution in [0.1, 0.15) is 79.6 Å². The summed E-state index contributed by atoms with van der Waals surface area (Å²) in [5.41, 5.74) is -0.641. The molecule has 0 unspecified atom stereocenters. The van der Waals surface area contributed by atoms with Crippen LogP contribution in [0.25, 0.3) is 0 Å². The van der Waals surface area contributed by atoms with Crippen LogP contribution in [0.5, 0.6) is 0 Å². The monoisotopic (exact) mass is 423 g/mol. The van der Waals surface area contributed by atoms with Gasteiger partial charge in [0.15, 0.2) is 0 Å². The minimum atomic E-state index is -0.321. The molecular formula is C23H41N3O4. The largest absolute Gasteiger partial charge is 0.374 e.